The first-order chi connectivity index (χ1) is 6.13. The fourth-order valence-corrected chi connectivity index (χ4v) is 2.43. The zero-order valence-corrected chi connectivity index (χ0v) is 10.1. The summed E-state index contributed by atoms with van der Waals surface area (Å²) in [6.07, 6.45) is 0. The molecule has 1 heterocycles. The van der Waals surface area contributed by atoms with Gasteiger partial charge in [0, 0.05) is 17.5 Å². The number of carbonyl (C=O) groups is 1. The van der Waals surface area contributed by atoms with Crippen molar-refractivity contribution in [1.82, 2.24) is 4.90 Å². The van der Waals surface area contributed by atoms with Crippen molar-refractivity contribution in [3.8, 4) is 0 Å². The van der Waals surface area contributed by atoms with Gasteiger partial charge in [-0.15, -0.1) is 11.8 Å². The molecular formula is C10H21NOS. The average Bonchev–Trinajstić information content (AvgIpc) is 2.53. The summed E-state index contributed by atoms with van der Waals surface area (Å²) in [5.74, 6) is 2.55. The van der Waals surface area contributed by atoms with Crippen molar-refractivity contribution in [2.45, 2.75) is 33.7 Å². The van der Waals surface area contributed by atoms with Crippen LogP contribution in [0.25, 0.3) is 0 Å². The molecule has 1 aliphatic heterocycles. The van der Waals surface area contributed by atoms with Crippen molar-refractivity contribution in [1.29, 1.82) is 0 Å². The number of likely N-dealkylation sites (N-methyl/N-ethyl adjacent to an activating group) is 1. The van der Waals surface area contributed by atoms with E-state index in [4.69, 9.17) is 0 Å². The number of rotatable bonds is 2. The Balaban J connectivity index is 0.000000671. The van der Waals surface area contributed by atoms with Crippen molar-refractivity contribution < 1.29 is 4.79 Å². The van der Waals surface area contributed by atoms with Crippen LogP contribution in [0.15, 0.2) is 0 Å². The maximum absolute atomic E-state index is 11.5. The van der Waals surface area contributed by atoms with Crippen molar-refractivity contribution in [3.05, 3.63) is 0 Å². The first-order valence-electron chi connectivity index (χ1n) is 4.94. The molecule has 0 aliphatic carbocycles. The van der Waals surface area contributed by atoms with Crippen molar-refractivity contribution in [2.24, 2.45) is 5.92 Å². The van der Waals surface area contributed by atoms with Gasteiger partial charge in [-0.25, -0.2) is 0 Å². The van der Waals surface area contributed by atoms with E-state index in [1.807, 2.05) is 46.5 Å². The monoisotopic (exact) mass is 203 g/mol. The van der Waals surface area contributed by atoms with E-state index in [-0.39, 0.29) is 12.0 Å². The summed E-state index contributed by atoms with van der Waals surface area (Å²) in [6, 6.07) is 0.181. The molecular weight excluding hydrogens is 182 g/mol. The van der Waals surface area contributed by atoms with Gasteiger partial charge in [-0.1, -0.05) is 27.7 Å². The van der Waals surface area contributed by atoms with E-state index in [2.05, 4.69) is 4.90 Å². The molecule has 3 heteroatoms. The topological polar surface area (TPSA) is 20.3 Å². The van der Waals surface area contributed by atoms with Gasteiger partial charge in [0.05, 0.1) is 6.04 Å². The molecule has 1 saturated heterocycles. The molecule has 1 aliphatic rings. The molecule has 0 saturated carbocycles. The third-order valence-electron chi connectivity index (χ3n) is 2.00. The van der Waals surface area contributed by atoms with Crippen LogP contribution in [0.3, 0.4) is 0 Å². The van der Waals surface area contributed by atoms with Gasteiger partial charge in [0.15, 0.2) is 5.78 Å². The van der Waals surface area contributed by atoms with Crippen LogP contribution < -0.4 is 0 Å². The predicted octanol–water partition coefficient (Wildman–Crippen LogP) is 2.24. The average molecular weight is 203 g/mol. The molecule has 78 valence electrons. The zero-order valence-electron chi connectivity index (χ0n) is 9.33. The summed E-state index contributed by atoms with van der Waals surface area (Å²) in [7, 11) is 2.02. The predicted molar refractivity (Wildman–Crippen MR) is 60.1 cm³/mol. The maximum atomic E-state index is 11.5. The van der Waals surface area contributed by atoms with Gasteiger partial charge < -0.3 is 0 Å². The van der Waals surface area contributed by atoms with E-state index in [0.717, 1.165) is 11.6 Å². The summed E-state index contributed by atoms with van der Waals surface area (Å²) < 4.78 is 0. The molecule has 1 rings (SSSR count). The van der Waals surface area contributed by atoms with E-state index in [9.17, 15) is 4.79 Å². The molecule has 1 atom stereocenters. The number of Topliss-reactive ketones (excluding diaryl/α,β-unsaturated/α-hetero) is 1. The number of ketones is 1. The Bertz CT molecular complexity index is 159. The normalized spacial score (nSPS) is 22.8. The standard InChI is InChI=1S/C8H15NOS.C2H6/c1-6(2)8(10)7-4-11-5-9(7)3;1-2/h6-7H,4-5H2,1-3H3;1-2H3. The highest BCUT2D eigenvalue weighted by Crippen LogP contribution is 2.21. The van der Waals surface area contributed by atoms with Gasteiger partial charge in [-0.3, -0.25) is 9.69 Å². The Morgan fingerprint density at radius 2 is 2.00 bits per heavy atom. The Kier molecular flexibility index (Phi) is 6.43. The molecule has 0 bridgehead atoms. The quantitative estimate of drug-likeness (QED) is 0.686. The van der Waals surface area contributed by atoms with Crippen LogP contribution in [0.4, 0.5) is 0 Å². The second kappa shape index (κ2) is 6.44. The van der Waals surface area contributed by atoms with E-state index in [1.165, 1.54) is 0 Å². The molecule has 0 aromatic heterocycles. The zero-order chi connectivity index (χ0) is 10.4. The molecule has 0 aromatic carbocycles. The van der Waals surface area contributed by atoms with Crippen LogP contribution in [0.5, 0.6) is 0 Å². The lowest BCUT2D eigenvalue weighted by Crippen LogP contribution is -2.37. The Morgan fingerprint density at radius 3 is 2.31 bits per heavy atom. The Labute approximate surface area is 86.1 Å². The third-order valence-corrected chi connectivity index (χ3v) is 3.14. The molecule has 13 heavy (non-hydrogen) atoms. The number of thioether (sulfide) groups is 1. The number of hydrogen-bond acceptors (Lipinski definition) is 3. The second-order valence-corrected chi connectivity index (χ2v) is 4.33. The molecule has 0 spiro atoms. The van der Waals surface area contributed by atoms with Crippen LogP contribution in [-0.2, 0) is 4.79 Å². The van der Waals surface area contributed by atoms with E-state index in [1.54, 1.807) is 0 Å². The summed E-state index contributed by atoms with van der Waals surface area (Å²) in [5, 5.41) is 0. The Hall–Kier alpha value is -0.0200. The van der Waals surface area contributed by atoms with Crippen LogP contribution in [0.2, 0.25) is 0 Å². The van der Waals surface area contributed by atoms with Crippen molar-refractivity contribution >= 4 is 17.5 Å². The first-order valence-corrected chi connectivity index (χ1v) is 6.10. The molecule has 2 nitrogen and oxygen atoms in total. The maximum Gasteiger partial charge on any atom is 0.153 e. The minimum Gasteiger partial charge on any atom is -0.298 e. The van der Waals surface area contributed by atoms with Crippen LogP contribution in [0.1, 0.15) is 27.7 Å². The van der Waals surface area contributed by atoms with E-state index < -0.39 is 0 Å². The Morgan fingerprint density at radius 1 is 1.46 bits per heavy atom. The minimum atomic E-state index is 0.181. The van der Waals surface area contributed by atoms with Crippen LogP contribution >= 0.6 is 11.8 Å². The largest absolute Gasteiger partial charge is 0.298 e. The summed E-state index contributed by atoms with van der Waals surface area (Å²) in [5.41, 5.74) is 0. The number of carbonyl (C=O) groups excluding carboxylic acids is 1. The fourth-order valence-electron chi connectivity index (χ4n) is 1.21. The number of hydrogen-bond donors (Lipinski definition) is 0. The van der Waals surface area contributed by atoms with Gasteiger partial charge in [-0.05, 0) is 7.05 Å². The smallest absolute Gasteiger partial charge is 0.153 e. The molecule has 0 radical (unpaired) electrons. The van der Waals surface area contributed by atoms with Gasteiger partial charge >= 0.3 is 0 Å². The summed E-state index contributed by atoms with van der Waals surface area (Å²) >= 11 is 1.84. The lowest BCUT2D eigenvalue weighted by atomic mass is 10.0. The second-order valence-electron chi connectivity index (χ2n) is 3.33. The van der Waals surface area contributed by atoms with Crippen LogP contribution in [-0.4, -0.2) is 35.4 Å². The van der Waals surface area contributed by atoms with E-state index >= 15 is 0 Å². The molecule has 0 aromatic rings. The van der Waals surface area contributed by atoms with Crippen LogP contribution in [0, 0.1) is 5.92 Å². The minimum absolute atomic E-state index is 0.181. The SMILES string of the molecule is CC.CC(C)C(=O)C1CSCN1C. The molecule has 0 amide bonds. The molecule has 1 unspecified atom stereocenters. The third kappa shape index (κ3) is 3.69. The first kappa shape index (κ1) is 13.0. The number of nitrogens with zero attached hydrogens (tertiary/aromatic N) is 1. The highest BCUT2D eigenvalue weighted by Gasteiger charge is 2.29. The lowest BCUT2D eigenvalue weighted by Gasteiger charge is -2.18. The van der Waals surface area contributed by atoms with Gasteiger partial charge in [-0.2, -0.15) is 0 Å². The molecule has 1 fully saturated rings. The highest BCUT2D eigenvalue weighted by atomic mass is 32.2. The highest BCUT2D eigenvalue weighted by molar-refractivity contribution is 7.99. The fraction of sp³-hybridized carbons (Fsp3) is 0.900. The van der Waals surface area contributed by atoms with Gasteiger partial charge in [0.2, 0.25) is 0 Å². The summed E-state index contributed by atoms with van der Waals surface area (Å²) in [4.78, 5) is 13.6. The van der Waals surface area contributed by atoms with E-state index in [0.29, 0.717) is 5.78 Å². The van der Waals surface area contributed by atoms with Gasteiger partial charge in [0.25, 0.3) is 0 Å². The van der Waals surface area contributed by atoms with Crippen molar-refractivity contribution in [2.75, 3.05) is 18.7 Å². The van der Waals surface area contributed by atoms with Crippen molar-refractivity contribution in [3.63, 3.8) is 0 Å². The molecule has 0 N–H and O–H groups in total. The van der Waals surface area contributed by atoms with Gasteiger partial charge in [0.1, 0.15) is 0 Å². The lowest BCUT2D eigenvalue weighted by molar-refractivity contribution is -0.125. The summed E-state index contributed by atoms with van der Waals surface area (Å²) in [6.45, 7) is 7.94.